The van der Waals surface area contributed by atoms with Crippen LogP contribution < -0.4 is 10.6 Å². The Morgan fingerprint density at radius 1 is 1.33 bits per heavy atom. The summed E-state index contributed by atoms with van der Waals surface area (Å²) in [5.41, 5.74) is 3.49. The molecular weight excluding hydrogens is 262 g/mol. The topological polar surface area (TPSA) is 44.4 Å². The molecule has 0 aromatic heterocycles. The summed E-state index contributed by atoms with van der Waals surface area (Å²) >= 11 is 0. The Kier molecular flexibility index (Phi) is 5.62. The van der Waals surface area contributed by atoms with Gasteiger partial charge in [0.25, 0.3) is 0 Å². The molecule has 2 N–H and O–H groups in total. The highest BCUT2D eigenvalue weighted by atomic mass is 16.2. The van der Waals surface area contributed by atoms with Crippen LogP contribution in [0.5, 0.6) is 0 Å². The summed E-state index contributed by atoms with van der Waals surface area (Å²) in [4.78, 5) is 13.4. The second-order valence-corrected chi connectivity index (χ2v) is 5.85. The first-order valence-electron chi connectivity index (χ1n) is 8.04. The zero-order valence-electron chi connectivity index (χ0n) is 13.4. The largest absolute Gasteiger partial charge is 0.323 e. The van der Waals surface area contributed by atoms with E-state index in [1.54, 1.807) is 4.90 Å². The summed E-state index contributed by atoms with van der Waals surface area (Å²) in [5, 5.41) is 6.58. The Bertz CT molecular complexity index is 479. The third kappa shape index (κ3) is 3.97. The fraction of sp³-hybridized carbons (Fsp3) is 0.588. The number of benzene rings is 1. The lowest BCUT2D eigenvalue weighted by atomic mass is 9.97. The monoisotopic (exact) mass is 289 g/mol. The van der Waals surface area contributed by atoms with Crippen molar-refractivity contribution in [3.8, 4) is 0 Å². The standard InChI is InChI=1S/C17H27N3O/c1-4-6-7-15(18-10-5-2)13-8-9-16-14(11-13)12-20(3)17(21)19-16/h8-9,11,15,18H,4-7,10,12H2,1-3H3,(H,19,21). The Morgan fingerprint density at radius 2 is 2.14 bits per heavy atom. The van der Waals surface area contributed by atoms with Gasteiger partial charge in [0.15, 0.2) is 0 Å². The summed E-state index contributed by atoms with van der Waals surface area (Å²) in [6.45, 7) is 6.15. The number of rotatable bonds is 7. The van der Waals surface area contributed by atoms with E-state index in [9.17, 15) is 4.79 Å². The number of nitrogens with zero attached hydrogens (tertiary/aromatic N) is 1. The van der Waals surface area contributed by atoms with E-state index >= 15 is 0 Å². The SMILES string of the molecule is CCCCC(NCCC)c1ccc2c(c1)CN(C)C(=O)N2. The molecule has 0 fully saturated rings. The molecular formula is C17H27N3O. The quantitative estimate of drug-likeness (QED) is 0.799. The van der Waals surface area contributed by atoms with Crippen molar-refractivity contribution in [1.29, 1.82) is 0 Å². The lowest BCUT2D eigenvalue weighted by molar-refractivity contribution is 0.218. The zero-order valence-corrected chi connectivity index (χ0v) is 13.4. The van der Waals surface area contributed by atoms with Gasteiger partial charge in [0.2, 0.25) is 0 Å². The first kappa shape index (κ1) is 15.8. The number of amides is 2. The minimum Gasteiger partial charge on any atom is -0.323 e. The van der Waals surface area contributed by atoms with E-state index in [1.807, 2.05) is 13.1 Å². The highest BCUT2D eigenvalue weighted by molar-refractivity contribution is 5.92. The van der Waals surface area contributed by atoms with Crippen LogP contribution in [0.3, 0.4) is 0 Å². The minimum absolute atomic E-state index is 0.0260. The van der Waals surface area contributed by atoms with E-state index in [4.69, 9.17) is 0 Å². The molecule has 4 heteroatoms. The van der Waals surface area contributed by atoms with Gasteiger partial charge in [-0.1, -0.05) is 38.8 Å². The van der Waals surface area contributed by atoms with Crippen molar-refractivity contribution in [2.75, 3.05) is 18.9 Å². The van der Waals surface area contributed by atoms with Gasteiger partial charge in [-0.3, -0.25) is 0 Å². The number of hydrogen-bond acceptors (Lipinski definition) is 2. The predicted molar refractivity (Wildman–Crippen MR) is 87.5 cm³/mol. The fourth-order valence-corrected chi connectivity index (χ4v) is 2.73. The summed E-state index contributed by atoms with van der Waals surface area (Å²) in [5.74, 6) is 0. The molecule has 1 aliphatic rings. The summed E-state index contributed by atoms with van der Waals surface area (Å²) in [6.07, 6.45) is 4.76. The molecule has 4 nitrogen and oxygen atoms in total. The first-order chi connectivity index (χ1) is 10.2. The molecule has 1 aromatic carbocycles. The lowest BCUT2D eigenvalue weighted by Crippen LogP contribution is -2.35. The molecule has 0 aliphatic carbocycles. The number of urea groups is 1. The Morgan fingerprint density at radius 3 is 2.86 bits per heavy atom. The molecule has 2 rings (SSSR count). The van der Waals surface area contributed by atoms with Crippen molar-refractivity contribution in [3.63, 3.8) is 0 Å². The third-order valence-electron chi connectivity index (χ3n) is 4.01. The van der Waals surface area contributed by atoms with Crippen LogP contribution in [0.25, 0.3) is 0 Å². The van der Waals surface area contributed by atoms with Crippen LogP contribution in [-0.2, 0) is 6.54 Å². The van der Waals surface area contributed by atoms with Crippen LogP contribution in [0, 0.1) is 0 Å². The van der Waals surface area contributed by atoms with Crippen molar-refractivity contribution in [3.05, 3.63) is 29.3 Å². The molecule has 0 bridgehead atoms. The second-order valence-electron chi connectivity index (χ2n) is 5.85. The molecule has 1 heterocycles. The predicted octanol–water partition coefficient (Wildman–Crippen LogP) is 3.89. The molecule has 0 spiro atoms. The summed E-state index contributed by atoms with van der Waals surface area (Å²) in [7, 11) is 1.83. The van der Waals surface area contributed by atoms with Crippen molar-refractivity contribution >= 4 is 11.7 Å². The highest BCUT2D eigenvalue weighted by Gasteiger charge is 2.20. The lowest BCUT2D eigenvalue weighted by Gasteiger charge is -2.27. The normalized spacial score (nSPS) is 15.6. The third-order valence-corrected chi connectivity index (χ3v) is 4.01. The maximum atomic E-state index is 11.7. The van der Waals surface area contributed by atoms with E-state index in [0.29, 0.717) is 12.6 Å². The molecule has 2 amide bonds. The molecule has 0 radical (unpaired) electrons. The maximum Gasteiger partial charge on any atom is 0.321 e. The molecule has 0 saturated heterocycles. The van der Waals surface area contributed by atoms with Crippen molar-refractivity contribution in [2.24, 2.45) is 0 Å². The van der Waals surface area contributed by atoms with Crippen LogP contribution in [0.4, 0.5) is 10.5 Å². The molecule has 1 aromatic rings. The number of carbonyl (C=O) groups excluding carboxylic acids is 1. The van der Waals surface area contributed by atoms with Crippen LogP contribution in [0.1, 0.15) is 56.7 Å². The maximum absolute atomic E-state index is 11.7. The van der Waals surface area contributed by atoms with Gasteiger partial charge in [-0.05, 0) is 36.6 Å². The number of fused-ring (bicyclic) bond motifs is 1. The molecule has 116 valence electrons. The Labute approximate surface area is 127 Å². The van der Waals surface area contributed by atoms with Gasteiger partial charge >= 0.3 is 6.03 Å². The molecule has 21 heavy (non-hydrogen) atoms. The van der Waals surface area contributed by atoms with Gasteiger partial charge in [-0.2, -0.15) is 0 Å². The average Bonchev–Trinajstić information content (AvgIpc) is 2.48. The van der Waals surface area contributed by atoms with Crippen LogP contribution in [0.2, 0.25) is 0 Å². The average molecular weight is 289 g/mol. The van der Waals surface area contributed by atoms with Crippen LogP contribution >= 0.6 is 0 Å². The van der Waals surface area contributed by atoms with Gasteiger partial charge in [0.05, 0.1) is 0 Å². The summed E-state index contributed by atoms with van der Waals surface area (Å²) in [6, 6.07) is 6.82. The highest BCUT2D eigenvalue weighted by Crippen LogP contribution is 2.28. The molecule has 0 saturated carbocycles. The van der Waals surface area contributed by atoms with Gasteiger partial charge < -0.3 is 15.5 Å². The van der Waals surface area contributed by atoms with Gasteiger partial charge in [-0.15, -0.1) is 0 Å². The van der Waals surface area contributed by atoms with Gasteiger partial charge in [0, 0.05) is 25.3 Å². The molecule has 1 aliphatic heterocycles. The number of hydrogen-bond donors (Lipinski definition) is 2. The minimum atomic E-state index is -0.0260. The van der Waals surface area contributed by atoms with E-state index in [-0.39, 0.29) is 6.03 Å². The fourth-order valence-electron chi connectivity index (χ4n) is 2.73. The van der Waals surface area contributed by atoms with Crippen molar-refractivity contribution in [1.82, 2.24) is 10.2 Å². The van der Waals surface area contributed by atoms with Crippen molar-refractivity contribution < 1.29 is 4.79 Å². The van der Waals surface area contributed by atoms with Crippen molar-refractivity contribution in [2.45, 2.75) is 52.1 Å². The first-order valence-corrected chi connectivity index (χ1v) is 8.04. The number of anilines is 1. The smallest absolute Gasteiger partial charge is 0.321 e. The van der Waals surface area contributed by atoms with Crippen LogP contribution in [0.15, 0.2) is 18.2 Å². The van der Waals surface area contributed by atoms with E-state index in [0.717, 1.165) is 25.1 Å². The molecule has 1 atom stereocenters. The Balaban J connectivity index is 2.17. The van der Waals surface area contributed by atoms with Gasteiger partial charge in [-0.25, -0.2) is 4.79 Å². The summed E-state index contributed by atoms with van der Waals surface area (Å²) < 4.78 is 0. The van der Waals surface area contributed by atoms with E-state index in [1.165, 1.54) is 24.0 Å². The van der Waals surface area contributed by atoms with Gasteiger partial charge in [0.1, 0.15) is 0 Å². The van der Waals surface area contributed by atoms with Crippen LogP contribution in [-0.4, -0.2) is 24.5 Å². The van der Waals surface area contributed by atoms with E-state index in [2.05, 4.69) is 36.6 Å². The zero-order chi connectivity index (χ0) is 15.2. The number of unbranched alkanes of at least 4 members (excludes halogenated alkanes) is 1. The Hall–Kier alpha value is -1.55. The van der Waals surface area contributed by atoms with E-state index < -0.39 is 0 Å². The second kappa shape index (κ2) is 7.46. The number of nitrogens with one attached hydrogen (secondary N) is 2. The molecule has 1 unspecified atom stereocenters. The number of carbonyl (C=O) groups is 1.